The molecule has 0 aliphatic rings. The summed E-state index contributed by atoms with van der Waals surface area (Å²) in [5, 5.41) is 8.70. The van der Waals surface area contributed by atoms with E-state index in [-0.39, 0.29) is 15.2 Å². The fourth-order valence-corrected chi connectivity index (χ4v) is 1.09. The van der Waals surface area contributed by atoms with Crippen LogP contribution in [-0.4, -0.2) is 16.1 Å². The zero-order chi connectivity index (χ0) is 13.4. The van der Waals surface area contributed by atoms with Gasteiger partial charge in [0.25, 0.3) is 0 Å². The van der Waals surface area contributed by atoms with Gasteiger partial charge in [0.15, 0.2) is 0 Å². The minimum Gasteiger partial charge on any atom is -0.477 e. The molecule has 1 aromatic heterocycles. The minimum atomic E-state index is -1.10. The molecular formula is C8H5Cl3N4O2. The Morgan fingerprint density at radius 3 is 2.24 bits per heavy atom. The first-order valence-electron chi connectivity index (χ1n) is 3.85. The van der Waals surface area contributed by atoms with Gasteiger partial charge < -0.3 is 5.11 Å². The molecule has 17 heavy (non-hydrogen) atoms. The second-order valence-electron chi connectivity index (χ2n) is 2.41. The number of aromatic nitrogens is 1. The molecule has 0 bridgehead atoms. The van der Waals surface area contributed by atoms with Crippen molar-refractivity contribution in [3.8, 4) is 0 Å². The molecule has 9 heteroatoms. The average molecular weight is 296 g/mol. The number of hydrogen-bond donors (Lipinski definition) is 2. The van der Waals surface area contributed by atoms with Gasteiger partial charge >= 0.3 is 5.97 Å². The monoisotopic (exact) mass is 294 g/mol. The number of pyridine rings is 1. The average Bonchev–Trinajstić information content (AvgIpc) is 2.29. The molecule has 1 heterocycles. The first-order valence-corrected chi connectivity index (χ1v) is 4.98. The summed E-state index contributed by atoms with van der Waals surface area (Å²) in [5.74, 6) is -1.10. The van der Waals surface area contributed by atoms with Gasteiger partial charge in [-0.15, -0.1) is 5.53 Å². The van der Waals surface area contributed by atoms with Gasteiger partial charge in [-0.3, -0.25) is 0 Å². The second-order valence-corrected chi connectivity index (χ2v) is 3.74. The highest BCUT2D eigenvalue weighted by Gasteiger charge is 2.07. The maximum Gasteiger partial charge on any atom is 0.354 e. The number of nitrogens with one attached hydrogen (secondary N) is 1. The Labute approximate surface area is 111 Å². The molecule has 0 saturated carbocycles. The smallest absolute Gasteiger partial charge is 0.354 e. The summed E-state index contributed by atoms with van der Waals surface area (Å²) in [4.78, 5) is 15.9. The molecule has 0 amide bonds. The van der Waals surface area contributed by atoms with Gasteiger partial charge in [-0.2, -0.15) is 0 Å². The highest BCUT2D eigenvalue weighted by atomic mass is 35.5. The molecule has 1 aromatic rings. The van der Waals surface area contributed by atoms with E-state index >= 15 is 0 Å². The topological polar surface area (TPSA) is 110 Å². The third-order valence-corrected chi connectivity index (χ3v) is 2.38. The fourth-order valence-electron chi connectivity index (χ4n) is 0.759. The Bertz CT molecular complexity index is 462. The Balaban J connectivity index is 0.000000770. The van der Waals surface area contributed by atoms with Gasteiger partial charge in [0.2, 0.25) is 0 Å². The van der Waals surface area contributed by atoms with Crippen molar-refractivity contribution in [2.24, 2.45) is 0 Å². The van der Waals surface area contributed by atoms with E-state index < -0.39 is 5.97 Å². The number of rotatable bonds is 2. The summed E-state index contributed by atoms with van der Waals surface area (Å²) in [6.45, 7) is 0. The summed E-state index contributed by atoms with van der Waals surface area (Å²) in [6.07, 6.45) is 1.29. The van der Waals surface area contributed by atoms with Crippen molar-refractivity contribution in [3.63, 3.8) is 0 Å². The zero-order valence-electron chi connectivity index (χ0n) is 8.06. The van der Waals surface area contributed by atoms with Crippen LogP contribution >= 0.6 is 34.8 Å². The van der Waals surface area contributed by atoms with Gasteiger partial charge in [0.05, 0.1) is 5.03 Å². The standard InChI is InChI=1S/C8H4Cl3NO2.HN3/c9-6(7(10)11)4-1-2-5(8(13)14)12-3-4;1-3-2/h1-3H,(H,13,14);1H. The summed E-state index contributed by atoms with van der Waals surface area (Å²) in [5.41, 5.74) is 12.7. The molecular weight excluding hydrogens is 290 g/mol. The third-order valence-electron chi connectivity index (χ3n) is 1.40. The lowest BCUT2D eigenvalue weighted by Crippen LogP contribution is -1.99. The molecule has 0 radical (unpaired) electrons. The lowest BCUT2D eigenvalue weighted by Gasteiger charge is -1.99. The first-order chi connectivity index (χ1) is 7.93. The molecule has 6 nitrogen and oxygen atoms in total. The van der Waals surface area contributed by atoms with Crippen molar-refractivity contribution in [2.45, 2.75) is 0 Å². The SMILES string of the molecule is O=C(O)c1ccc(C(Cl)=C(Cl)Cl)cn1.[N-]=[N+]=N. The molecule has 90 valence electrons. The van der Waals surface area contributed by atoms with Crippen LogP contribution in [0.2, 0.25) is 0 Å². The molecule has 0 aromatic carbocycles. The van der Waals surface area contributed by atoms with E-state index in [9.17, 15) is 4.79 Å². The Morgan fingerprint density at radius 1 is 1.41 bits per heavy atom. The summed E-state index contributed by atoms with van der Waals surface area (Å²) in [7, 11) is 0. The molecule has 0 aliphatic carbocycles. The van der Waals surface area contributed by atoms with Crippen molar-refractivity contribution in [2.75, 3.05) is 0 Å². The fraction of sp³-hybridized carbons (Fsp3) is 0. The van der Waals surface area contributed by atoms with E-state index in [2.05, 4.69) is 4.98 Å². The number of halogens is 3. The summed E-state index contributed by atoms with van der Waals surface area (Å²) < 4.78 is -0.0865. The number of carboxylic acids is 1. The van der Waals surface area contributed by atoms with Crippen LogP contribution in [0.1, 0.15) is 16.1 Å². The zero-order valence-corrected chi connectivity index (χ0v) is 10.3. The van der Waals surface area contributed by atoms with E-state index in [1.54, 1.807) is 4.91 Å². The number of carbonyl (C=O) groups is 1. The van der Waals surface area contributed by atoms with Gasteiger partial charge in [0, 0.05) is 11.8 Å². The number of carboxylic acid groups (broad SMARTS) is 1. The highest BCUT2D eigenvalue weighted by molar-refractivity contribution is 6.66. The number of aromatic carboxylic acids is 1. The van der Waals surface area contributed by atoms with Crippen molar-refractivity contribution >= 4 is 45.8 Å². The van der Waals surface area contributed by atoms with Crippen molar-refractivity contribution in [1.29, 1.82) is 5.53 Å². The van der Waals surface area contributed by atoms with Crippen LogP contribution in [0.25, 0.3) is 15.5 Å². The molecule has 0 atom stereocenters. The number of nitrogens with zero attached hydrogens (tertiary/aromatic N) is 3. The van der Waals surface area contributed by atoms with Gasteiger partial charge in [-0.25, -0.2) is 9.78 Å². The van der Waals surface area contributed by atoms with E-state index in [1.807, 2.05) is 0 Å². The molecule has 0 fully saturated rings. The molecule has 2 N–H and O–H groups in total. The van der Waals surface area contributed by atoms with Crippen LogP contribution in [0.3, 0.4) is 0 Å². The Hall–Kier alpha value is -1.46. The summed E-state index contributed by atoms with van der Waals surface area (Å²) >= 11 is 16.6. The maximum absolute atomic E-state index is 10.5. The first kappa shape index (κ1) is 15.5. The molecule has 1 rings (SSSR count). The van der Waals surface area contributed by atoms with E-state index in [0.717, 1.165) is 0 Å². The van der Waals surface area contributed by atoms with Crippen molar-refractivity contribution in [3.05, 3.63) is 44.5 Å². The van der Waals surface area contributed by atoms with Gasteiger partial charge in [-0.1, -0.05) is 34.8 Å². The minimum absolute atomic E-state index is 0.0658. The van der Waals surface area contributed by atoms with E-state index in [0.29, 0.717) is 5.56 Å². The lowest BCUT2D eigenvalue weighted by atomic mass is 10.2. The van der Waals surface area contributed by atoms with E-state index in [1.165, 1.54) is 18.3 Å². The highest BCUT2D eigenvalue weighted by Crippen LogP contribution is 2.27. The Morgan fingerprint density at radius 2 is 1.94 bits per heavy atom. The molecule has 0 unspecified atom stereocenters. The molecule has 0 aliphatic heterocycles. The van der Waals surface area contributed by atoms with E-state index in [4.69, 9.17) is 51.0 Å². The van der Waals surface area contributed by atoms with Gasteiger partial charge in [0.1, 0.15) is 10.2 Å². The van der Waals surface area contributed by atoms with Crippen molar-refractivity contribution < 1.29 is 9.90 Å². The predicted octanol–water partition coefficient (Wildman–Crippen LogP) is 4.00. The van der Waals surface area contributed by atoms with Crippen molar-refractivity contribution in [1.82, 2.24) is 4.98 Å². The number of hydrogen-bond acceptors (Lipinski definition) is 3. The van der Waals surface area contributed by atoms with Crippen LogP contribution in [0.5, 0.6) is 0 Å². The molecule has 0 saturated heterocycles. The second kappa shape index (κ2) is 7.76. The predicted molar refractivity (Wildman–Crippen MR) is 65.1 cm³/mol. The largest absolute Gasteiger partial charge is 0.477 e. The van der Waals surface area contributed by atoms with Crippen LogP contribution in [0.15, 0.2) is 22.8 Å². The molecule has 0 spiro atoms. The third kappa shape index (κ3) is 5.42. The summed E-state index contributed by atoms with van der Waals surface area (Å²) in [6, 6.07) is 2.79. The normalized spacial score (nSPS) is 8.41. The van der Waals surface area contributed by atoms with Crippen LogP contribution in [0.4, 0.5) is 0 Å². The lowest BCUT2D eigenvalue weighted by molar-refractivity contribution is 0.0690. The van der Waals surface area contributed by atoms with Crippen LogP contribution in [0, 0.1) is 5.53 Å². The Kier molecular flexibility index (Phi) is 7.09. The quantitative estimate of drug-likeness (QED) is 0.488. The van der Waals surface area contributed by atoms with Gasteiger partial charge in [-0.05, 0) is 22.6 Å². The van der Waals surface area contributed by atoms with Crippen LogP contribution in [-0.2, 0) is 0 Å². The maximum atomic E-state index is 10.5. The van der Waals surface area contributed by atoms with Crippen LogP contribution < -0.4 is 0 Å².